The van der Waals surface area contributed by atoms with Crippen molar-refractivity contribution in [1.29, 1.82) is 0 Å². The van der Waals surface area contributed by atoms with E-state index >= 15 is 0 Å². The van der Waals surface area contributed by atoms with E-state index in [4.69, 9.17) is 0 Å². The Balaban J connectivity index is 0.00000176. The smallest absolute Gasteiger partial charge is 0.259 e. The lowest BCUT2D eigenvalue weighted by molar-refractivity contribution is -0.114. The van der Waals surface area contributed by atoms with Crippen molar-refractivity contribution in [1.82, 2.24) is 0 Å². The molecule has 32 heavy (non-hydrogen) atoms. The first kappa shape index (κ1) is 23.9. The van der Waals surface area contributed by atoms with Crippen molar-refractivity contribution >= 4 is 34.8 Å². The molecule has 166 valence electrons. The molecule has 0 unspecified atom stereocenters. The molecule has 0 aliphatic rings. The first-order valence-electron chi connectivity index (χ1n) is 9.94. The molecule has 0 saturated heterocycles. The van der Waals surface area contributed by atoms with Crippen LogP contribution in [0.15, 0.2) is 66.7 Å². The van der Waals surface area contributed by atoms with E-state index in [1.165, 1.54) is 61.5 Å². The number of carbonyl (C=O) groups excluding carboxylic acids is 3. The van der Waals surface area contributed by atoms with Gasteiger partial charge in [-0.3, -0.25) is 14.4 Å². The molecule has 0 atom stereocenters. The van der Waals surface area contributed by atoms with Gasteiger partial charge in [-0.15, -0.1) is 0 Å². The molecular weight excluding hydrogens is 410 g/mol. The normalized spacial score (nSPS) is 9.72. The quantitative estimate of drug-likeness (QED) is 0.401. The predicted molar refractivity (Wildman–Crippen MR) is 124 cm³/mol. The van der Waals surface area contributed by atoms with Gasteiger partial charge in [-0.25, -0.2) is 0 Å². The number of anilines is 3. The summed E-state index contributed by atoms with van der Waals surface area (Å²) in [5, 5.41) is 27.3. The zero-order valence-electron chi connectivity index (χ0n) is 18.0. The molecule has 3 aromatic carbocycles. The van der Waals surface area contributed by atoms with Gasteiger partial charge in [0.05, 0.1) is 5.56 Å². The fourth-order valence-electron chi connectivity index (χ4n) is 2.76. The Kier molecular flexibility index (Phi) is 8.36. The highest BCUT2D eigenvalue weighted by Gasteiger charge is 2.13. The highest BCUT2D eigenvalue weighted by Crippen LogP contribution is 2.25. The molecule has 0 aliphatic carbocycles. The third-order valence-electron chi connectivity index (χ3n) is 4.03. The number of phenolic OH excluding ortho intramolecular Hbond substituents is 2. The molecule has 0 aliphatic heterocycles. The number of rotatable bonds is 5. The van der Waals surface area contributed by atoms with E-state index < -0.39 is 11.8 Å². The maximum atomic E-state index is 12.5. The van der Waals surface area contributed by atoms with Gasteiger partial charge in [0.25, 0.3) is 11.8 Å². The van der Waals surface area contributed by atoms with Crippen molar-refractivity contribution < 1.29 is 24.6 Å². The second-order valence-corrected chi connectivity index (χ2v) is 6.46. The van der Waals surface area contributed by atoms with Gasteiger partial charge in [-0.05, 0) is 48.5 Å². The summed E-state index contributed by atoms with van der Waals surface area (Å²) < 4.78 is 0. The van der Waals surface area contributed by atoms with Crippen molar-refractivity contribution in [3.05, 3.63) is 77.9 Å². The molecule has 0 fully saturated rings. The zero-order valence-corrected chi connectivity index (χ0v) is 18.0. The number of para-hydroxylation sites is 1. The molecule has 0 saturated carbocycles. The monoisotopic (exact) mass is 435 g/mol. The zero-order chi connectivity index (χ0) is 23.7. The topological polar surface area (TPSA) is 128 Å². The van der Waals surface area contributed by atoms with Crippen LogP contribution in [0.25, 0.3) is 0 Å². The number of hydrogen-bond acceptors (Lipinski definition) is 5. The summed E-state index contributed by atoms with van der Waals surface area (Å²) in [5.74, 6) is -1.60. The van der Waals surface area contributed by atoms with E-state index in [9.17, 15) is 24.6 Å². The minimum absolute atomic E-state index is 0.0507. The van der Waals surface area contributed by atoms with Gasteiger partial charge in [0, 0.05) is 29.5 Å². The van der Waals surface area contributed by atoms with E-state index in [0.717, 1.165) is 0 Å². The molecule has 0 bridgehead atoms. The molecule has 0 heterocycles. The van der Waals surface area contributed by atoms with Crippen LogP contribution in [0.4, 0.5) is 17.1 Å². The van der Waals surface area contributed by atoms with Crippen LogP contribution in [0.2, 0.25) is 0 Å². The van der Waals surface area contributed by atoms with Crippen molar-refractivity contribution in [2.24, 2.45) is 0 Å². The Morgan fingerprint density at radius 3 is 1.81 bits per heavy atom. The summed E-state index contributed by atoms with van der Waals surface area (Å²) in [6.45, 7) is 5.33. The maximum Gasteiger partial charge on any atom is 0.259 e. The van der Waals surface area contributed by atoms with Gasteiger partial charge in [0.15, 0.2) is 0 Å². The highest BCUT2D eigenvalue weighted by molar-refractivity contribution is 6.08. The van der Waals surface area contributed by atoms with Gasteiger partial charge in [-0.2, -0.15) is 0 Å². The van der Waals surface area contributed by atoms with Crippen LogP contribution >= 0.6 is 0 Å². The molecule has 0 spiro atoms. The summed E-state index contributed by atoms with van der Waals surface area (Å²) >= 11 is 0. The second kappa shape index (κ2) is 11.2. The average molecular weight is 435 g/mol. The van der Waals surface area contributed by atoms with Crippen LogP contribution in [0.5, 0.6) is 11.5 Å². The maximum absolute atomic E-state index is 12.5. The van der Waals surface area contributed by atoms with Crippen LogP contribution in [0.3, 0.4) is 0 Å². The standard InChI is InChI=1S/C22H19N3O5.C2H6/c1-13(26)23-15-10-16(24-21(29)14-5-4-6-18(27)9-14)12-17(11-15)25-22(30)19-7-2-3-8-20(19)28;1-2/h2-12,27-28H,1H3,(H,23,26)(H,24,29)(H,25,30);1-2H3. The number of nitrogens with one attached hydrogen (secondary N) is 3. The van der Waals surface area contributed by atoms with E-state index in [1.807, 2.05) is 13.8 Å². The molecule has 3 aromatic rings. The van der Waals surface area contributed by atoms with Crippen LogP contribution in [-0.4, -0.2) is 27.9 Å². The Morgan fingerprint density at radius 2 is 1.25 bits per heavy atom. The summed E-state index contributed by atoms with van der Waals surface area (Å²) in [5.41, 5.74) is 1.26. The largest absolute Gasteiger partial charge is 0.508 e. The van der Waals surface area contributed by atoms with Crippen molar-refractivity contribution in [3.8, 4) is 11.5 Å². The van der Waals surface area contributed by atoms with Gasteiger partial charge in [-0.1, -0.05) is 32.0 Å². The fourth-order valence-corrected chi connectivity index (χ4v) is 2.76. The lowest BCUT2D eigenvalue weighted by Crippen LogP contribution is -2.15. The van der Waals surface area contributed by atoms with E-state index in [0.29, 0.717) is 17.1 Å². The summed E-state index contributed by atoms with van der Waals surface area (Å²) in [6, 6.07) is 16.4. The van der Waals surface area contributed by atoms with Crippen LogP contribution in [-0.2, 0) is 4.79 Å². The summed E-state index contributed by atoms with van der Waals surface area (Å²) in [7, 11) is 0. The summed E-state index contributed by atoms with van der Waals surface area (Å²) in [6.07, 6.45) is 0. The third kappa shape index (κ3) is 6.60. The molecule has 8 nitrogen and oxygen atoms in total. The van der Waals surface area contributed by atoms with Gasteiger partial charge in [0.2, 0.25) is 5.91 Å². The molecule has 8 heteroatoms. The van der Waals surface area contributed by atoms with Crippen LogP contribution in [0, 0.1) is 0 Å². The highest BCUT2D eigenvalue weighted by atomic mass is 16.3. The number of aromatic hydroxyl groups is 2. The van der Waals surface area contributed by atoms with Crippen LogP contribution in [0.1, 0.15) is 41.5 Å². The molecule has 0 radical (unpaired) electrons. The minimum atomic E-state index is -0.557. The molecule has 3 amide bonds. The lowest BCUT2D eigenvalue weighted by Gasteiger charge is -2.13. The van der Waals surface area contributed by atoms with Crippen molar-refractivity contribution in [3.63, 3.8) is 0 Å². The Morgan fingerprint density at radius 1 is 0.688 bits per heavy atom. The fraction of sp³-hybridized carbons (Fsp3) is 0.125. The van der Waals surface area contributed by atoms with Gasteiger partial charge in [0.1, 0.15) is 11.5 Å². The predicted octanol–water partition coefficient (Wildman–Crippen LogP) is 4.59. The molecule has 0 aromatic heterocycles. The third-order valence-corrected chi connectivity index (χ3v) is 4.03. The SMILES string of the molecule is CC.CC(=O)Nc1cc(NC(=O)c2cccc(O)c2)cc(NC(=O)c2ccccc2O)c1. The van der Waals surface area contributed by atoms with E-state index in [1.54, 1.807) is 12.1 Å². The van der Waals surface area contributed by atoms with Crippen molar-refractivity contribution in [2.75, 3.05) is 16.0 Å². The number of carbonyl (C=O) groups is 3. The van der Waals surface area contributed by atoms with Gasteiger partial charge < -0.3 is 26.2 Å². The number of phenols is 2. The molecule has 3 rings (SSSR count). The Bertz CT molecular complexity index is 1130. The number of hydrogen-bond donors (Lipinski definition) is 5. The van der Waals surface area contributed by atoms with E-state index in [2.05, 4.69) is 16.0 Å². The first-order valence-corrected chi connectivity index (χ1v) is 9.94. The average Bonchev–Trinajstić information content (AvgIpc) is 2.74. The Hall–Kier alpha value is -4.33. The summed E-state index contributed by atoms with van der Waals surface area (Å²) in [4.78, 5) is 36.4. The number of amides is 3. The second-order valence-electron chi connectivity index (χ2n) is 6.46. The van der Waals surface area contributed by atoms with Crippen molar-refractivity contribution in [2.45, 2.75) is 20.8 Å². The number of benzene rings is 3. The molecular formula is C24H25N3O5. The first-order chi connectivity index (χ1) is 15.3. The van der Waals surface area contributed by atoms with Gasteiger partial charge >= 0.3 is 0 Å². The molecule has 5 N–H and O–H groups in total. The van der Waals surface area contributed by atoms with E-state index in [-0.39, 0.29) is 28.5 Å². The van der Waals surface area contributed by atoms with Crippen LogP contribution < -0.4 is 16.0 Å². The lowest BCUT2D eigenvalue weighted by atomic mass is 10.1. The Labute approximate surface area is 185 Å². The minimum Gasteiger partial charge on any atom is -0.508 e.